The van der Waals surface area contributed by atoms with E-state index in [1.807, 2.05) is 24.1 Å². The van der Waals surface area contributed by atoms with Crippen molar-refractivity contribution in [3.8, 4) is 5.88 Å². The van der Waals surface area contributed by atoms with Crippen LogP contribution in [0.5, 0.6) is 5.88 Å². The van der Waals surface area contributed by atoms with Gasteiger partial charge in [0.1, 0.15) is 5.82 Å². The second-order valence-electron chi connectivity index (χ2n) is 4.89. The first kappa shape index (κ1) is 15.4. The van der Waals surface area contributed by atoms with Gasteiger partial charge in [-0.2, -0.15) is 0 Å². The smallest absolute Gasteiger partial charge is 0.212 e. The van der Waals surface area contributed by atoms with E-state index in [1.165, 1.54) is 6.07 Å². The summed E-state index contributed by atoms with van der Waals surface area (Å²) < 4.78 is 18.8. The fraction of sp³-hybridized carbons (Fsp3) is 0.312. The average Bonchev–Trinajstić information content (AvgIpc) is 2.51. The van der Waals surface area contributed by atoms with Crippen LogP contribution in [0.3, 0.4) is 0 Å². The molecule has 0 aliphatic heterocycles. The van der Waals surface area contributed by atoms with Gasteiger partial charge in [-0.3, -0.25) is 4.90 Å². The van der Waals surface area contributed by atoms with Crippen LogP contribution < -0.4 is 10.5 Å². The second-order valence-corrected chi connectivity index (χ2v) is 4.89. The molecule has 0 amide bonds. The molecule has 0 bridgehead atoms. The Morgan fingerprint density at radius 3 is 2.62 bits per heavy atom. The Bertz CT molecular complexity index is 574. The Morgan fingerprint density at radius 1 is 1.29 bits per heavy atom. The highest BCUT2D eigenvalue weighted by molar-refractivity contribution is 5.22. The first-order valence-corrected chi connectivity index (χ1v) is 6.79. The first-order valence-electron chi connectivity index (χ1n) is 6.79. The highest BCUT2D eigenvalue weighted by Gasteiger charge is 2.17. The molecule has 1 heterocycles. The largest absolute Gasteiger partial charge is 0.481 e. The lowest BCUT2D eigenvalue weighted by atomic mass is 10.1. The maximum Gasteiger partial charge on any atom is 0.212 e. The van der Waals surface area contributed by atoms with E-state index < -0.39 is 0 Å². The van der Waals surface area contributed by atoms with Crippen molar-refractivity contribution in [3.05, 3.63) is 59.5 Å². The van der Waals surface area contributed by atoms with Crippen molar-refractivity contribution < 1.29 is 9.13 Å². The van der Waals surface area contributed by atoms with E-state index in [0.29, 0.717) is 24.5 Å². The van der Waals surface area contributed by atoms with E-state index in [-0.39, 0.29) is 11.9 Å². The first-order chi connectivity index (χ1) is 10.2. The van der Waals surface area contributed by atoms with E-state index in [4.69, 9.17) is 10.5 Å². The Balaban J connectivity index is 2.14. The van der Waals surface area contributed by atoms with Gasteiger partial charge in [-0.15, -0.1) is 0 Å². The summed E-state index contributed by atoms with van der Waals surface area (Å²) in [6.07, 6.45) is 1.74. The number of nitrogens with two attached hydrogens (primary N) is 1. The van der Waals surface area contributed by atoms with E-state index >= 15 is 0 Å². The zero-order valence-corrected chi connectivity index (χ0v) is 12.3. The predicted molar refractivity (Wildman–Crippen MR) is 80.5 cm³/mol. The van der Waals surface area contributed by atoms with Gasteiger partial charge in [0.25, 0.3) is 0 Å². The van der Waals surface area contributed by atoms with Crippen molar-refractivity contribution in [2.75, 3.05) is 20.7 Å². The van der Waals surface area contributed by atoms with Crippen molar-refractivity contribution in [3.63, 3.8) is 0 Å². The normalized spacial score (nSPS) is 12.4. The summed E-state index contributed by atoms with van der Waals surface area (Å²) in [6, 6.07) is 10.5. The monoisotopic (exact) mass is 289 g/mol. The van der Waals surface area contributed by atoms with Crippen LogP contribution in [-0.2, 0) is 6.54 Å². The number of ether oxygens (including phenoxy) is 1. The number of hydrogen-bond acceptors (Lipinski definition) is 4. The molecule has 112 valence electrons. The Kier molecular flexibility index (Phi) is 5.25. The predicted octanol–water partition coefficient (Wildman–Crippen LogP) is 2.36. The minimum atomic E-state index is -0.201. The van der Waals surface area contributed by atoms with Crippen molar-refractivity contribution in [2.45, 2.75) is 12.6 Å². The number of likely N-dealkylation sites (N-methyl/N-ethyl adjacent to an activating group) is 1. The molecule has 0 radical (unpaired) electrons. The molecule has 5 heteroatoms. The quantitative estimate of drug-likeness (QED) is 0.887. The fourth-order valence-corrected chi connectivity index (χ4v) is 2.29. The molecule has 0 aliphatic carbocycles. The molecule has 0 fully saturated rings. The Hall–Kier alpha value is -1.98. The maximum atomic E-state index is 13.7. The van der Waals surface area contributed by atoms with Gasteiger partial charge in [0.15, 0.2) is 0 Å². The summed E-state index contributed by atoms with van der Waals surface area (Å²) in [7, 11) is 3.50. The molecule has 1 aromatic heterocycles. The van der Waals surface area contributed by atoms with Crippen molar-refractivity contribution in [1.29, 1.82) is 0 Å². The van der Waals surface area contributed by atoms with Crippen LogP contribution in [0.2, 0.25) is 0 Å². The summed E-state index contributed by atoms with van der Waals surface area (Å²) in [5.74, 6) is 0.360. The third-order valence-corrected chi connectivity index (χ3v) is 3.49. The molecular weight excluding hydrogens is 269 g/mol. The third kappa shape index (κ3) is 3.77. The van der Waals surface area contributed by atoms with Gasteiger partial charge in [0.05, 0.1) is 7.11 Å². The summed E-state index contributed by atoms with van der Waals surface area (Å²) in [6.45, 7) is 0.916. The summed E-state index contributed by atoms with van der Waals surface area (Å²) >= 11 is 0. The van der Waals surface area contributed by atoms with Crippen LogP contribution >= 0.6 is 0 Å². The number of halogens is 1. The summed E-state index contributed by atoms with van der Waals surface area (Å²) in [5, 5.41) is 0. The number of hydrogen-bond donors (Lipinski definition) is 1. The number of pyridine rings is 1. The summed E-state index contributed by atoms with van der Waals surface area (Å²) in [5.41, 5.74) is 7.51. The molecular formula is C16H20FN3O. The van der Waals surface area contributed by atoms with Crippen molar-refractivity contribution in [2.24, 2.45) is 5.73 Å². The SMILES string of the molecule is COc1ccc(C(CN)N(C)Cc2ccccc2F)cn1. The van der Waals surface area contributed by atoms with E-state index in [0.717, 1.165) is 5.56 Å². The van der Waals surface area contributed by atoms with Crippen LogP contribution in [-0.4, -0.2) is 30.6 Å². The molecule has 0 spiro atoms. The lowest BCUT2D eigenvalue weighted by Crippen LogP contribution is -2.30. The van der Waals surface area contributed by atoms with Crippen LogP contribution in [0.25, 0.3) is 0 Å². The number of benzene rings is 1. The topological polar surface area (TPSA) is 51.4 Å². The molecule has 4 nitrogen and oxygen atoms in total. The highest BCUT2D eigenvalue weighted by atomic mass is 19.1. The Morgan fingerprint density at radius 2 is 2.05 bits per heavy atom. The lowest BCUT2D eigenvalue weighted by Gasteiger charge is -2.27. The minimum absolute atomic E-state index is 0.0250. The molecule has 0 saturated heterocycles. The number of methoxy groups -OCH3 is 1. The molecule has 2 N–H and O–H groups in total. The number of rotatable bonds is 6. The molecule has 2 aromatic rings. The second kappa shape index (κ2) is 7.15. The molecule has 1 unspecified atom stereocenters. The van der Waals surface area contributed by atoms with E-state index in [2.05, 4.69) is 4.98 Å². The lowest BCUT2D eigenvalue weighted by molar-refractivity contribution is 0.238. The number of nitrogens with zero attached hydrogens (tertiary/aromatic N) is 2. The average molecular weight is 289 g/mol. The fourth-order valence-electron chi connectivity index (χ4n) is 2.29. The van der Waals surface area contributed by atoms with Crippen LogP contribution in [0.1, 0.15) is 17.2 Å². The standard InChI is InChI=1S/C16H20FN3O/c1-20(11-13-5-3-4-6-14(13)17)15(9-18)12-7-8-16(21-2)19-10-12/h3-8,10,15H,9,11,18H2,1-2H3. The zero-order chi connectivity index (χ0) is 15.2. The van der Waals surface area contributed by atoms with Crippen LogP contribution in [0, 0.1) is 5.82 Å². The number of aromatic nitrogens is 1. The molecule has 21 heavy (non-hydrogen) atoms. The van der Waals surface area contributed by atoms with Crippen molar-refractivity contribution in [1.82, 2.24) is 9.88 Å². The third-order valence-electron chi connectivity index (χ3n) is 3.49. The van der Waals surface area contributed by atoms with Gasteiger partial charge in [-0.1, -0.05) is 24.3 Å². The van der Waals surface area contributed by atoms with Crippen LogP contribution in [0.4, 0.5) is 4.39 Å². The van der Waals surface area contributed by atoms with E-state index in [1.54, 1.807) is 31.5 Å². The molecule has 2 rings (SSSR count). The Labute approximate surface area is 124 Å². The van der Waals surface area contributed by atoms with Gasteiger partial charge in [0, 0.05) is 37.0 Å². The molecule has 0 saturated carbocycles. The van der Waals surface area contributed by atoms with Crippen LogP contribution in [0.15, 0.2) is 42.6 Å². The molecule has 1 aromatic carbocycles. The highest BCUT2D eigenvalue weighted by Crippen LogP contribution is 2.22. The summed E-state index contributed by atoms with van der Waals surface area (Å²) in [4.78, 5) is 6.21. The van der Waals surface area contributed by atoms with Gasteiger partial charge >= 0.3 is 0 Å². The van der Waals surface area contributed by atoms with Gasteiger partial charge in [-0.25, -0.2) is 9.37 Å². The van der Waals surface area contributed by atoms with Gasteiger partial charge < -0.3 is 10.5 Å². The van der Waals surface area contributed by atoms with Gasteiger partial charge in [0.2, 0.25) is 5.88 Å². The zero-order valence-electron chi connectivity index (χ0n) is 12.3. The molecule has 1 atom stereocenters. The minimum Gasteiger partial charge on any atom is -0.481 e. The van der Waals surface area contributed by atoms with Gasteiger partial charge in [-0.05, 0) is 18.7 Å². The van der Waals surface area contributed by atoms with E-state index in [9.17, 15) is 4.39 Å². The maximum absolute atomic E-state index is 13.7. The van der Waals surface area contributed by atoms with Crippen molar-refractivity contribution >= 4 is 0 Å². The molecule has 0 aliphatic rings.